The molecular formula is C16H25BrN2O. The number of nitrogens with zero attached hydrogens (tertiary/aromatic N) is 1. The van der Waals surface area contributed by atoms with E-state index in [-0.39, 0.29) is 6.04 Å². The fourth-order valence-corrected chi connectivity index (χ4v) is 3.33. The van der Waals surface area contributed by atoms with Crippen LogP contribution >= 0.6 is 15.9 Å². The summed E-state index contributed by atoms with van der Waals surface area (Å²) < 4.78 is 6.95. The second-order valence-corrected chi connectivity index (χ2v) is 6.33. The number of hydrogen-bond donors (Lipinski definition) is 1. The fourth-order valence-electron chi connectivity index (χ4n) is 2.93. The van der Waals surface area contributed by atoms with Crippen LogP contribution in [0.4, 0.5) is 0 Å². The number of nitrogens with two attached hydrogens (primary N) is 1. The average Bonchev–Trinajstić information content (AvgIpc) is 2.44. The van der Waals surface area contributed by atoms with Gasteiger partial charge in [-0.1, -0.05) is 28.1 Å². The molecule has 1 aromatic rings. The molecule has 0 saturated carbocycles. The molecule has 1 aliphatic rings. The van der Waals surface area contributed by atoms with Gasteiger partial charge >= 0.3 is 0 Å². The number of hydrogen-bond acceptors (Lipinski definition) is 3. The molecule has 112 valence electrons. The van der Waals surface area contributed by atoms with E-state index < -0.39 is 0 Å². The van der Waals surface area contributed by atoms with Crippen molar-refractivity contribution in [2.24, 2.45) is 5.73 Å². The van der Waals surface area contributed by atoms with E-state index >= 15 is 0 Å². The molecule has 1 saturated heterocycles. The maximum Gasteiger partial charge on any atom is 0.0702 e. The molecule has 2 atom stereocenters. The Morgan fingerprint density at radius 2 is 2.30 bits per heavy atom. The van der Waals surface area contributed by atoms with Crippen molar-refractivity contribution >= 4 is 15.9 Å². The fraction of sp³-hybridized carbons (Fsp3) is 0.625. The molecule has 0 aromatic heterocycles. The van der Waals surface area contributed by atoms with Crippen LogP contribution < -0.4 is 5.73 Å². The average molecular weight is 341 g/mol. The van der Waals surface area contributed by atoms with Gasteiger partial charge < -0.3 is 10.5 Å². The smallest absolute Gasteiger partial charge is 0.0702 e. The first-order valence-corrected chi connectivity index (χ1v) is 8.26. The molecule has 0 spiro atoms. The van der Waals surface area contributed by atoms with Crippen LogP contribution in [0.5, 0.6) is 0 Å². The van der Waals surface area contributed by atoms with Gasteiger partial charge in [-0.15, -0.1) is 0 Å². The van der Waals surface area contributed by atoms with Crippen molar-refractivity contribution < 1.29 is 4.74 Å². The minimum absolute atomic E-state index is 0.287. The topological polar surface area (TPSA) is 38.5 Å². The third kappa shape index (κ3) is 3.82. The Morgan fingerprint density at radius 1 is 1.50 bits per heavy atom. The molecule has 3 nitrogen and oxygen atoms in total. The lowest BCUT2D eigenvalue weighted by molar-refractivity contribution is -0.00660. The van der Waals surface area contributed by atoms with Crippen molar-refractivity contribution in [2.75, 3.05) is 26.2 Å². The highest BCUT2D eigenvalue weighted by Gasteiger charge is 2.26. The normalized spacial score (nSPS) is 21.9. The maximum atomic E-state index is 6.05. The van der Waals surface area contributed by atoms with Crippen molar-refractivity contribution in [1.29, 1.82) is 0 Å². The number of aryl methyl sites for hydroxylation is 1. The van der Waals surface area contributed by atoms with Crippen LogP contribution in [0.25, 0.3) is 0 Å². The number of halogens is 1. The molecule has 1 heterocycles. The molecule has 1 aromatic carbocycles. The minimum atomic E-state index is 0.287. The van der Waals surface area contributed by atoms with E-state index in [9.17, 15) is 0 Å². The summed E-state index contributed by atoms with van der Waals surface area (Å²) in [5.74, 6) is 0. The summed E-state index contributed by atoms with van der Waals surface area (Å²) in [4.78, 5) is 2.47. The third-order valence-electron chi connectivity index (χ3n) is 4.06. The molecule has 0 radical (unpaired) electrons. The van der Waals surface area contributed by atoms with Crippen molar-refractivity contribution in [3.8, 4) is 0 Å². The SMILES string of the molecule is CCOC1CCCN(C(CN)c2ccc(C)c(Br)c2)C1. The summed E-state index contributed by atoms with van der Waals surface area (Å²) in [6.07, 6.45) is 2.71. The monoisotopic (exact) mass is 340 g/mol. The first-order valence-electron chi connectivity index (χ1n) is 7.47. The van der Waals surface area contributed by atoms with Crippen molar-refractivity contribution in [3.05, 3.63) is 33.8 Å². The molecule has 0 bridgehead atoms. The van der Waals surface area contributed by atoms with Gasteiger partial charge in [0.15, 0.2) is 0 Å². The van der Waals surface area contributed by atoms with Crippen LogP contribution in [0.1, 0.15) is 36.9 Å². The lowest BCUT2D eigenvalue weighted by Crippen LogP contribution is -2.44. The van der Waals surface area contributed by atoms with Crippen molar-refractivity contribution in [2.45, 2.75) is 38.8 Å². The second-order valence-electron chi connectivity index (χ2n) is 5.47. The van der Waals surface area contributed by atoms with E-state index in [2.05, 4.69) is 52.9 Å². The molecule has 4 heteroatoms. The molecule has 2 N–H and O–H groups in total. The molecule has 0 aliphatic carbocycles. The Balaban J connectivity index is 2.12. The van der Waals surface area contributed by atoms with E-state index in [1.807, 2.05) is 0 Å². The summed E-state index contributed by atoms with van der Waals surface area (Å²) >= 11 is 3.62. The zero-order chi connectivity index (χ0) is 14.5. The van der Waals surface area contributed by atoms with E-state index in [1.165, 1.54) is 24.0 Å². The Labute approximate surface area is 130 Å². The van der Waals surface area contributed by atoms with Gasteiger partial charge in [0.2, 0.25) is 0 Å². The van der Waals surface area contributed by atoms with Gasteiger partial charge in [-0.05, 0) is 50.4 Å². The number of piperidine rings is 1. The highest BCUT2D eigenvalue weighted by molar-refractivity contribution is 9.10. The van der Waals surface area contributed by atoms with E-state index in [0.29, 0.717) is 12.6 Å². The summed E-state index contributed by atoms with van der Waals surface area (Å²) in [6.45, 7) is 7.71. The maximum absolute atomic E-state index is 6.05. The van der Waals surface area contributed by atoms with E-state index in [4.69, 9.17) is 10.5 Å². The summed E-state index contributed by atoms with van der Waals surface area (Å²) in [5, 5.41) is 0. The predicted molar refractivity (Wildman–Crippen MR) is 86.9 cm³/mol. The molecule has 2 rings (SSSR count). The van der Waals surface area contributed by atoms with Crippen molar-refractivity contribution in [3.63, 3.8) is 0 Å². The van der Waals surface area contributed by atoms with Crippen LogP contribution in [-0.4, -0.2) is 37.2 Å². The first kappa shape index (κ1) is 16.0. The van der Waals surface area contributed by atoms with E-state index in [1.54, 1.807) is 0 Å². The third-order valence-corrected chi connectivity index (χ3v) is 4.91. The van der Waals surface area contributed by atoms with Crippen LogP contribution in [0.15, 0.2) is 22.7 Å². The Morgan fingerprint density at radius 3 is 2.95 bits per heavy atom. The summed E-state index contributed by atoms with van der Waals surface area (Å²) in [5.41, 5.74) is 8.60. The molecule has 1 aliphatic heterocycles. The van der Waals surface area contributed by atoms with Crippen LogP contribution in [-0.2, 0) is 4.74 Å². The van der Waals surface area contributed by atoms with Gasteiger partial charge in [-0.25, -0.2) is 0 Å². The minimum Gasteiger partial charge on any atom is -0.377 e. The van der Waals surface area contributed by atoms with Gasteiger partial charge in [0, 0.05) is 30.2 Å². The van der Waals surface area contributed by atoms with Crippen LogP contribution in [0.2, 0.25) is 0 Å². The van der Waals surface area contributed by atoms with Crippen LogP contribution in [0.3, 0.4) is 0 Å². The number of ether oxygens (including phenoxy) is 1. The number of rotatable bonds is 5. The lowest BCUT2D eigenvalue weighted by atomic mass is 9.99. The summed E-state index contributed by atoms with van der Waals surface area (Å²) in [6, 6.07) is 6.85. The van der Waals surface area contributed by atoms with Gasteiger partial charge in [0.1, 0.15) is 0 Å². The Hall–Kier alpha value is -0.420. The standard InChI is InChI=1S/C16H25BrN2O/c1-3-20-14-5-4-8-19(11-14)16(10-18)13-7-6-12(2)15(17)9-13/h6-7,9,14,16H,3-5,8,10-11,18H2,1-2H3. The molecule has 2 unspecified atom stereocenters. The van der Waals surface area contributed by atoms with E-state index in [0.717, 1.165) is 24.2 Å². The molecular weight excluding hydrogens is 316 g/mol. The second kappa shape index (κ2) is 7.55. The van der Waals surface area contributed by atoms with Gasteiger partial charge in [0.25, 0.3) is 0 Å². The lowest BCUT2D eigenvalue weighted by Gasteiger charge is -2.38. The van der Waals surface area contributed by atoms with Gasteiger partial charge in [-0.2, -0.15) is 0 Å². The first-order chi connectivity index (χ1) is 9.65. The Bertz CT molecular complexity index is 436. The van der Waals surface area contributed by atoms with Crippen molar-refractivity contribution in [1.82, 2.24) is 4.90 Å². The van der Waals surface area contributed by atoms with Gasteiger partial charge in [0.05, 0.1) is 6.10 Å². The zero-order valence-electron chi connectivity index (χ0n) is 12.4. The quantitative estimate of drug-likeness (QED) is 0.893. The highest BCUT2D eigenvalue weighted by Crippen LogP contribution is 2.28. The predicted octanol–water partition coefficient (Wildman–Crippen LogP) is 3.26. The molecule has 1 fully saturated rings. The summed E-state index contributed by atoms with van der Waals surface area (Å²) in [7, 11) is 0. The van der Waals surface area contributed by atoms with Crippen LogP contribution in [0, 0.1) is 6.92 Å². The van der Waals surface area contributed by atoms with Gasteiger partial charge in [-0.3, -0.25) is 4.90 Å². The number of benzene rings is 1. The largest absolute Gasteiger partial charge is 0.377 e. The number of likely N-dealkylation sites (tertiary alicyclic amines) is 1. The molecule has 20 heavy (non-hydrogen) atoms. The zero-order valence-corrected chi connectivity index (χ0v) is 14.0. The Kier molecular flexibility index (Phi) is 6.02. The molecule has 0 amide bonds. The highest BCUT2D eigenvalue weighted by atomic mass is 79.9.